The maximum atomic E-state index is 13.3. The van der Waals surface area contributed by atoms with E-state index >= 15 is 0 Å². The number of halogens is 1. The van der Waals surface area contributed by atoms with Crippen molar-refractivity contribution in [1.29, 1.82) is 0 Å². The van der Waals surface area contributed by atoms with Gasteiger partial charge in [-0.15, -0.1) is 22.7 Å². The summed E-state index contributed by atoms with van der Waals surface area (Å²) in [6.45, 7) is 1.76. The van der Waals surface area contributed by atoms with Crippen molar-refractivity contribution in [2.75, 3.05) is 17.9 Å². The maximum Gasteiger partial charge on any atom is 0.282 e. The number of carbonyl (C=O) groups excluding carboxylic acids is 1. The number of nitrogens with one attached hydrogen (secondary N) is 2. The van der Waals surface area contributed by atoms with Crippen molar-refractivity contribution in [3.63, 3.8) is 0 Å². The first-order valence-corrected chi connectivity index (χ1v) is 12.3. The van der Waals surface area contributed by atoms with Crippen molar-refractivity contribution in [2.24, 2.45) is 0 Å². The Labute approximate surface area is 199 Å². The predicted octanol–water partition coefficient (Wildman–Crippen LogP) is 5.39. The number of aromatic nitrogens is 2. The number of aryl methyl sites for hydroxylation is 1. The summed E-state index contributed by atoms with van der Waals surface area (Å²) in [6, 6.07) is 10.9. The van der Waals surface area contributed by atoms with Crippen molar-refractivity contribution < 1.29 is 9.53 Å². The first-order chi connectivity index (χ1) is 15.5. The Balaban J connectivity index is 1.52. The van der Waals surface area contributed by atoms with E-state index in [0.29, 0.717) is 41.6 Å². The molecule has 0 radical (unpaired) electrons. The lowest BCUT2D eigenvalue weighted by molar-refractivity contribution is 0.102. The molecule has 5 rings (SSSR count). The van der Waals surface area contributed by atoms with Gasteiger partial charge in [0.05, 0.1) is 38.0 Å². The summed E-state index contributed by atoms with van der Waals surface area (Å²) in [7, 11) is 1.54. The van der Waals surface area contributed by atoms with Crippen molar-refractivity contribution >= 4 is 73.5 Å². The van der Waals surface area contributed by atoms with Gasteiger partial charge in [0.15, 0.2) is 5.16 Å². The van der Waals surface area contributed by atoms with E-state index in [1.807, 2.05) is 29.7 Å². The Morgan fingerprint density at radius 2 is 2.03 bits per heavy atom. The number of fused-ring (bicyclic) bond motifs is 2. The first-order valence-electron chi connectivity index (χ1n) is 9.36. The number of para-hydroxylation sites is 2. The molecule has 0 saturated heterocycles. The molecule has 3 aromatic heterocycles. The van der Waals surface area contributed by atoms with Crippen molar-refractivity contribution in [3.8, 4) is 5.75 Å². The molecule has 2 N–H and O–H groups in total. The molecule has 0 unspecified atom stereocenters. The summed E-state index contributed by atoms with van der Waals surface area (Å²) in [5.74, 6) is 0.242. The van der Waals surface area contributed by atoms with Gasteiger partial charge in [-0.25, -0.2) is 4.98 Å². The van der Waals surface area contributed by atoms with Gasteiger partial charge in [0.2, 0.25) is 0 Å². The van der Waals surface area contributed by atoms with Gasteiger partial charge in [-0.3, -0.25) is 15.0 Å². The standard InChI is InChI=1S/C21H15ClN4O3S3/c1-10-16-19(32-17(10)18(27)23-11-5-3-4-6-13(11)29-2)24-21-26(20(16)28)25-12(9-30-21)14-7-8-15(22)31-14/h3-9,25H,1-2H3,(H,23,27). The van der Waals surface area contributed by atoms with Crippen LogP contribution in [0.5, 0.6) is 5.75 Å². The highest BCUT2D eigenvalue weighted by Gasteiger charge is 2.24. The molecule has 32 heavy (non-hydrogen) atoms. The van der Waals surface area contributed by atoms with Crippen molar-refractivity contribution in [3.05, 3.63) is 71.8 Å². The zero-order valence-electron chi connectivity index (χ0n) is 16.8. The maximum absolute atomic E-state index is 13.3. The quantitative estimate of drug-likeness (QED) is 0.364. The Morgan fingerprint density at radius 3 is 2.78 bits per heavy atom. The molecule has 0 saturated carbocycles. The highest BCUT2D eigenvalue weighted by Crippen LogP contribution is 2.35. The first kappa shape index (κ1) is 21.1. The van der Waals surface area contributed by atoms with Gasteiger partial charge < -0.3 is 10.1 Å². The summed E-state index contributed by atoms with van der Waals surface area (Å²) >= 11 is 10.0. The van der Waals surface area contributed by atoms with Gasteiger partial charge in [-0.1, -0.05) is 35.5 Å². The summed E-state index contributed by atoms with van der Waals surface area (Å²) < 4.78 is 7.38. The molecule has 1 aliphatic rings. The molecular formula is C21H15ClN4O3S3. The van der Waals surface area contributed by atoms with Crippen LogP contribution in [0.25, 0.3) is 15.9 Å². The lowest BCUT2D eigenvalue weighted by Crippen LogP contribution is -2.32. The number of methoxy groups -OCH3 is 1. The fourth-order valence-corrected chi connectivity index (χ4v) is 6.31. The minimum absolute atomic E-state index is 0.254. The summed E-state index contributed by atoms with van der Waals surface area (Å²) in [5.41, 5.74) is 4.79. The fourth-order valence-electron chi connectivity index (χ4n) is 3.32. The van der Waals surface area contributed by atoms with Crippen LogP contribution in [0.1, 0.15) is 20.1 Å². The molecule has 162 valence electrons. The van der Waals surface area contributed by atoms with Crippen LogP contribution in [0.4, 0.5) is 5.69 Å². The molecule has 0 fully saturated rings. The second-order valence-corrected chi connectivity index (χ2v) is 10.3. The number of ether oxygens (including phenoxy) is 1. The lowest BCUT2D eigenvalue weighted by atomic mass is 10.2. The van der Waals surface area contributed by atoms with E-state index < -0.39 is 0 Å². The number of thioether (sulfide) groups is 1. The van der Waals surface area contributed by atoms with Gasteiger partial charge >= 0.3 is 0 Å². The van der Waals surface area contributed by atoms with Gasteiger partial charge in [0.1, 0.15) is 10.6 Å². The average molecular weight is 503 g/mol. The second-order valence-electron chi connectivity index (χ2n) is 6.79. The molecule has 0 aliphatic carbocycles. The topological polar surface area (TPSA) is 85.2 Å². The zero-order chi connectivity index (χ0) is 22.4. The number of amides is 1. The normalized spacial score (nSPS) is 12.8. The molecule has 1 amide bonds. The van der Waals surface area contributed by atoms with E-state index in [0.717, 1.165) is 10.6 Å². The second kappa shape index (κ2) is 8.28. The number of benzene rings is 1. The minimum Gasteiger partial charge on any atom is -0.495 e. The average Bonchev–Trinajstić information content (AvgIpc) is 3.37. The van der Waals surface area contributed by atoms with Crippen LogP contribution in [-0.2, 0) is 0 Å². The van der Waals surface area contributed by atoms with Gasteiger partial charge in [-0.05, 0) is 36.8 Å². The van der Waals surface area contributed by atoms with Crippen LogP contribution >= 0.6 is 46.0 Å². The predicted molar refractivity (Wildman–Crippen MR) is 132 cm³/mol. The third-order valence-electron chi connectivity index (χ3n) is 4.85. The molecule has 4 heterocycles. The number of hydrogen-bond acceptors (Lipinski definition) is 8. The molecule has 1 aromatic carbocycles. The van der Waals surface area contributed by atoms with Crippen LogP contribution in [0.3, 0.4) is 0 Å². The third-order valence-corrected chi connectivity index (χ3v) is 8.14. The van der Waals surface area contributed by atoms with E-state index in [4.69, 9.17) is 16.3 Å². The summed E-state index contributed by atoms with van der Waals surface area (Å²) in [6.07, 6.45) is 0. The van der Waals surface area contributed by atoms with Crippen LogP contribution in [0, 0.1) is 6.92 Å². The Hall–Kier alpha value is -2.79. The van der Waals surface area contributed by atoms with Gasteiger partial charge in [-0.2, -0.15) is 4.68 Å². The largest absolute Gasteiger partial charge is 0.495 e. The Bertz CT molecular complexity index is 1470. The monoisotopic (exact) mass is 502 g/mol. The van der Waals surface area contributed by atoms with E-state index in [9.17, 15) is 9.59 Å². The minimum atomic E-state index is -0.315. The fraction of sp³-hybridized carbons (Fsp3) is 0.0952. The number of rotatable bonds is 4. The molecule has 7 nitrogen and oxygen atoms in total. The molecule has 4 aromatic rings. The van der Waals surface area contributed by atoms with E-state index in [-0.39, 0.29) is 11.5 Å². The number of nitrogens with zero attached hydrogens (tertiary/aromatic N) is 2. The number of carbonyl (C=O) groups is 1. The van der Waals surface area contributed by atoms with Crippen LogP contribution in [0.15, 0.2) is 51.8 Å². The van der Waals surface area contributed by atoms with Gasteiger partial charge in [0.25, 0.3) is 11.5 Å². The number of anilines is 1. The van der Waals surface area contributed by atoms with Crippen LogP contribution in [0.2, 0.25) is 4.34 Å². The molecule has 1 aliphatic heterocycles. The summed E-state index contributed by atoms with van der Waals surface area (Å²) in [4.78, 5) is 32.8. The lowest BCUT2D eigenvalue weighted by Gasteiger charge is -2.19. The highest BCUT2D eigenvalue weighted by molar-refractivity contribution is 8.02. The third kappa shape index (κ3) is 3.58. The summed E-state index contributed by atoms with van der Waals surface area (Å²) in [5, 5.41) is 5.69. The zero-order valence-corrected chi connectivity index (χ0v) is 20.0. The number of thiophene rings is 2. The molecule has 0 spiro atoms. The molecule has 0 atom stereocenters. The van der Waals surface area contributed by atoms with Crippen molar-refractivity contribution in [1.82, 2.24) is 9.66 Å². The van der Waals surface area contributed by atoms with Gasteiger partial charge in [0, 0.05) is 5.41 Å². The Morgan fingerprint density at radius 1 is 1.22 bits per heavy atom. The molecule has 0 bridgehead atoms. The molecular weight excluding hydrogens is 488 g/mol. The number of hydrogen-bond donors (Lipinski definition) is 2. The van der Waals surface area contributed by atoms with E-state index in [1.165, 1.54) is 39.1 Å². The SMILES string of the molecule is COc1ccccc1NC(=O)c1sc2nc3n(c(=O)c2c1C)NC(c1ccc(Cl)s1)=CS3. The van der Waals surface area contributed by atoms with E-state index in [2.05, 4.69) is 15.7 Å². The van der Waals surface area contributed by atoms with Crippen molar-refractivity contribution in [2.45, 2.75) is 12.1 Å². The van der Waals surface area contributed by atoms with E-state index in [1.54, 1.807) is 26.2 Å². The molecule has 11 heteroatoms. The Kier molecular flexibility index (Phi) is 5.46. The van der Waals surface area contributed by atoms with Crippen LogP contribution in [-0.4, -0.2) is 22.7 Å². The van der Waals surface area contributed by atoms with Crippen LogP contribution < -0.4 is 21.0 Å². The smallest absolute Gasteiger partial charge is 0.282 e. The highest BCUT2D eigenvalue weighted by atomic mass is 35.5.